The molecule has 104 valence electrons. The van der Waals surface area contributed by atoms with Crippen LogP contribution < -0.4 is 0 Å². The van der Waals surface area contributed by atoms with Crippen LogP contribution in [-0.4, -0.2) is 50.0 Å². The molecule has 2 rings (SSSR count). The molecule has 1 N–H and O–H groups in total. The van der Waals surface area contributed by atoms with Gasteiger partial charge < -0.3 is 14.6 Å². The molecule has 7 heteroatoms. The molecule has 0 saturated carbocycles. The molecule has 6 nitrogen and oxygen atoms in total. The SMILES string of the molecule is CN(C)CCn1ncc(Cl)c1C(O)c1cncn1C. The molecule has 0 bridgehead atoms. The second kappa shape index (κ2) is 5.73. The van der Waals surface area contributed by atoms with Crippen LogP contribution in [0.5, 0.6) is 0 Å². The maximum Gasteiger partial charge on any atom is 0.139 e. The maximum absolute atomic E-state index is 10.5. The number of aromatic nitrogens is 4. The monoisotopic (exact) mass is 283 g/mol. The lowest BCUT2D eigenvalue weighted by Gasteiger charge is -2.16. The van der Waals surface area contributed by atoms with Crippen molar-refractivity contribution in [2.45, 2.75) is 12.6 Å². The van der Waals surface area contributed by atoms with Crippen molar-refractivity contribution >= 4 is 11.6 Å². The molecular weight excluding hydrogens is 266 g/mol. The number of aliphatic hydroxyl groups is 1. The van der Waals surface area contributed by atoms with E-state index in [0.717, 1.165) is 6.54 Å². The number of halogens is 1. The minimum absolute atomic E-state index is 0.465. The van der Waals surface area contributed by atoms with Crippen LogP contribution in [0.3, 0.4) is 0 Å². The van der Waals surface area contributed by atoms with E-state index in [0.29, 0.717) is 23.0 Å². The molecule has 0 fully saturated rings. The van der Waals surface area contributed by atoms with Gasteiger partial charge in [0, 0.05) is 13.6 Å². The summed E-state index contributed by atoms with van der Waals surface area (Å²) in [5.74, 6) is 0. The highest BCUT2D eigenvalue weighted by atomic mass is 35.5. The van der Waals surface area contributed by atoms with E-state index >= 15 is 0 Å². The lowest BCUT2D eigenvalue weighted by molar-refractivity contribution is 0.197. The highest BCUT2D eigenvalue weighted by Crippen LogP contribution is 2.27. The van der Waals surface area contributed by atoms with E-state index in [1.54, 1.807) is 28.0 Å². The van der Waals surface area contributed by atoms with E-state index in [-0.39, 0.29) is 0 Å². The van der Waals surface area contributed by atoms with Gasteiger partial charge in [0.05, 0.1) is 41.7 Å². The molecule has 2 aromatic rings. The highest BCUT2D eigenvalue weighted by Gasteiger charge is 2.22. The first kappa shape index (κ1) is 14.0. The Morgan fingerprint density at radius 3 is 2.74 bits per heavy atom. The summed E-state index contributed by atoms with van der Waals surface area (Å²) in [6.45, 7) is 1.49. The van der Waals surface area contributed by atoms with Crippen LogP contribution in [-0.2, 0) is 13.6 Å². The topological polar surface area (TPSA) is 59.1 Å². The summed E-state index contributed by atoms with van der Waals surface area (Å²) < 4.78 is 3.50. The number of aliphatic hydroxyl groups excluding tert-OH is 1. The first-order chi connectivity index (χ1) is 9.00. The van der Waals surface area contributed by atoms with Crippen molar-refractivity contribution in [3.8, 4) is 0 Å². The van der Waals surface area contributed by atoms with Gasteiger partial charge in [0.1, 0.15) is 6.10 Å². The first-order valence-corrected chi connectivity index (χ1v) is 6.38. The van der Waals surface area contributed by atoms with Gasteiger partial charge >= 0.3 is 0 Å². The van der Waals surface area contributed by atoms with Crippen molar-refractivity contribution in [3.05, 3.63) is 35.1 Å². The molecule has 2 aromatic heterocycles. The van der Waals surface area contributed by atoms with Gasteiger partial charge in [-0.15, -0.1) is 0 Å². The summed E-state index contributed by atoms with van der Waals surface area (Å²) >= 11 is 6.14. The van der Waals surface area contributed by atoms with Crippen LogP contribution in [0.15, 0.2) is 18.7 Å². The molecule has 0 aliphatic heterocycles. The summed E-state index contributed by atoms with van der Waals surface area (Å²) in [5, 5.41) is 15.1. The summed E-state index contributed by atoms with van der Waals surface area (Å²) in [6, 6.07) is 0. The quantitative estimate of drug-likeness (QED) is 0.886. The van der Waals surface area contributed by atoms with Gasteiger partial charge in [-0.2, -0.15) is 5.10 Å². The molecule has 0 amide bonds. The van der Waals surface area contributed by atoms with Gasteiger partial charge in [-0.3, -0.25) is 4.68 Å². The second-order valence-electron chi connectivity index (χ2n) is 4.74. The van der Waals surface area contributed by atoms with Crippen molar-refractivity contribution < 1.29 is 5.11 Å². The Morgan fingerprint density at radius 2 is 2.16 bits per heavy atom. The van der Waals surface area contributed by atoms with Crippen molar-refractivity contribution in [1.29, 1.82) is 0 Å². The van der Waals surface area contributed by atoms with Crippen molar-refractivity contribution in [1.82, 2.24) is 24.2 Å². The number of aryl methyl sites for hydroxylation is 1. The summed E-state index contributed by atoms with van der Waals surface area (Å²) in [6.07, 6.45) is 4.01. The minimum Gasteiger partial charge on any atom is -0.380 e. The predicted octanol–water partition coefficient (Wildman–Crippen LogP) is 0.913. The number of hydrogen-bond acceptors (Lipinski definition) is 4. The molecule has 0 spiro atoms. The Labute approximate surface area is 117 Å². The molecule has 0 aliphatic carbocycles. The number of rotatable bonds is 5. The van der Waals surface area contributed by atoms with Crippen LogP contribution >= 0.6 is 11.6 Å². The molecule has 1 atom stereocenters. The number of hydrogen-bond donors (Lipinski definition) is 1. The predicted molar refractivity (Wildman–Crippen MR) is 73.1 cm³/mol. The van der Waals surface area contributed by atoms with E-state index < -0.39 is 6.10 Å². The third-order valence-corrected chi connectivity index (χ3v) is 3.28. The average Bonchev–Trinajstić information content (AvgIpc) is 2.92. The van der Waals surface area contributed by atoms with E-state index in [1.807, 2.05) is 21.1 Å². The molecule has 0 radical (unpaired) electrons. The Kier molecular flexibility index (Phi) is 4.24. The second-order valence-corrected chi connectivity index (χ2v) is 5.14. The van der Waals surface area contributed by atoms with E-state index in [4.69, 9.17) is 11.6 Å². The molecular formula is C12H18ClN5O. The zero-order valence-electron chi connectivity index (χ0n) is 11.3. The van der Waals surface area contributed by atoms with Crippen LogP contribution in [0, 0.1) is 0 Å². The third-order valence-electron chi connectivity index (χ3n) is 2.99. The van der Waals surface area contributed by atoms with E-state index in [2.05, 4.69) is 15.0 Å². The van der Waals surface area contributed by atoms with Crippen LogP contribution in [0.2, 0.25) is 5.02 Å². The third kappa shape index (κ3) is 2.97. The molecule has 0 saturated heterocycles. The Hall–Kier alpha value is -1.37. The van der Waals surface area contributed by atoms with Gasteiger partial charge in [0.25, 0.3) is 0 Å². The molecule has 0 aromatic carbocycles. The van der Waals surface area contributed by atoms with Gasteiger partial charge in [0.15, 0.2) is 0 Å². The fourth-order valence-electron chi connectivity index (χ4n) is 1.89. The zero-order chi connectivity index (χ0) is 14.0. The van der Waals surface area contributed by atoms with Crippen molar-refractivity contribution in [2.24, 2.45) is 7.05 Å². The largest absolute Gasteiger partial charge is 0.380 e. The van der Waals surface area contributed by atoms with Gasteiger partial charge in [-0.1, -0.05) is 11.6 Å². The Morgan fingerprint density at radius 1 is 1.42 bits per heavy atom. The minimum atomic E-state index is -0.829. The number of nitrogens with zero attached hydrogens (tertiary/aromatic N) is 5. The van der Waals surface area contributed by atoms with Gasteiger partial charge in [-0.05, 0) is 14.1 Å². The van der Waals surface area contributed by atoms with E-state index in [1.165, 1.54) is 0 Å². The van der Waals surface area contributed by atoms with Crippen molar-refractivity contribution in [3.63, 3.8) is 0 Å². The standard InChI is InChI=1S/C12H18ClN5O/c1-16(2)4-5-18-11(9(13)6-15-18)12(19)10-7-14-8-17(10)3/h6-8,12,19H,4-5H2,1-3H3. The number of imidazole rings is 1. The maximum atomic E-state index is 10.5. The summed E-state index contributed by atoms with van der Waals surface area (Å²) in [7, 11) is 5.81. The fraction of sp³-hybridized carbons (Fsp3) is 0.500. The van der Waals surface area contributed by atoms with Gasteiger partial charge in [-0.25, -0.2) is 4.98 Å². The van der Waals surface area contributed by atoms with Crippen LogP contribution in [0.25, 0.3) is 0 Å². The molecule has 2 heterocycles. The Bertz CT molecular complexity index is 548. The fourth-order valence-corrected chi connectivity index (χ4v) is 2.13. The smallest absolute Gasteiger partial charge is 0.139 e. The zero-order valence-corrected chi connectivity index (χ0v) is 12.0. The van der Waals surface area contributed by atoms with Gasteiger partial charge in [0.2, 0.25) is 0 Å². The first-order valence-electron chi connectivity index (χ1n) is 6.01. The van der Waals surface area contributed by atoms with Crippen molar-refractivity contribution in [2.75, 3.05) is 20.6 Å². The lowest BCUT2D eigenvalue weighted by Crippen LogP contribution is -2.21. The van der Waals surface area contributed by atoms with Crippen LogP contribution in [0.4, 0.5) is 0 Å². The molecule has 1 unspecified atom stereocenters. The van der Waals surface area contributed by atoms with E-state index in [9.17, 15) is 5.11 Å². The molecule has 0 aliphatic rings. The summed E-state index contributed by atoms with van der Waals surface area (Å²) in [5.41, 5.74) is 1.29. The normalized spacial score (nSPS) is 13.2. The Balaban J connectivity index is 2.28. The average molecular weight is 284 g/mol. The highest BCUT2D eigenvalue weighted by molar-refractivity contribution is 6.31. The van der Waals surface area contributed by atoms with Crippen LogP contribution in [0.1, 0.15) is 17.5 Å². The molecule has 19 heavy (non-hydrogen) atoms. The number of likely N-dealkylation sites (N-methyl/N-ethyl adjacent to an activating group) is 1. The summed E-state index contributed by atoms with van der Waals surface area (Å²) in [4.78, 5) is 6.06. The lowest BCUT2D eigenvalue weighted by atomic mass is 10.2.